The summed E-state index contributed by atoms with van der Waals surface area (Å²) in [5.74, 6) is -0.211. The van der Waals surface area contributed by atoms with Gasteiger partial charge in [-0.1, -0.05) is 17.7 Å². The molecule has 0 unspecified atom stereocenters. The van der Waals surface area contributed by atoms with Crippen LogP contribution in [0.25, 0.3) is 10.9 Å². The van der Waals surface area contributed by atoms with Crippen LogP contribution in [0, 0.1) is 6.92 Å². The fraction of sp³-hybridized carbons (Fsp3) is 0.125. The van der Waals surface area contributed by atoms with Crippen molar-refractivity contribution >= 4 is 42.6 Å². The Morgan fingerprint density at radius 3 is 2.48 bits per heavy atom. The molecular formula is C16H13BrN2O3S. The number of halogens is 1. The van der Waals surface area contributed by atoms with E-state index in [1.807, 2.05) is 6.92 Å². The van der Waals surface area contributed by atoms with E-state index in [-0.39, 0.29) is 10.7 Å². The first kappa shape index (κ1) is 15.9. The number of aromatic nitrogens is 2. The molecule has 0 N–H and O–H groups in total. The molecule has 1 aromatic carbocycles. The molecule has 2 heterocycles. The lowest BCUT2D eigenvalue weighted by Crippen LogP contribution is -2.12. The van der Waals surface area contributed by atoms with Gasteiger partial charge in [0.2, 0.25) is 0 Å². The molecule has 0 aliphatic heterocycles. The summed E-state index contributed by atoms with van der Waals surface area (Å²) < 4.78 is 27.5. The van der Waals surface area contributed by atoms with E-state index in [0.717, 1.165) is 9.54 Å². The zero-order chi connectivity index (χ0) is 16.8. The lowest BCUT2D eigenvalue weighted by Gasteiger charge is -2.08. The van der Waals surface area contributed by atoms with Crippen LogP contribution in [0.15, 0.2) is 52.2 Å². The average Bonchev–Trinajstić information content (AvgIpc) is 2.87. The van der Waals surface area contributed by atoms with Gasteiger partial charge in [0.15, 0.2) is 5.78 Å². The fourth-order valence-electron chi connectivity index (χ4n) is 2.37. The average molecular weight is 393 g/mol. The summed E-state index contributed by atoms with van der Waals surface area (Å²) in [6, 6.07) is 8.18. The van der Waals surface area contributed by atoms with E-state index < -0.39 is 10.0 Å². The lowest BCUT2D eigenvalue weighted by molar-refractivity contribution is 0.101. The highest BCUT2D eigenvalue weighted by molar-refractivity contribution is 9.10. The maximum absolute atomic E-state index is 12.9. The summed E-state index contributed by atoms with van der Waals surface area (Å²) in [5, 5.41) is 0.511. The van der Waals surface area contributed by atoms with Crippen molar-refractivity contribution in [3.05, 3.63) is 58.5 Å². The van der Waals surface area contributed by atoms with Gasteiger partial charge in [0, 0.05) is 23.3 Å². The topological polar surface area (TPSA) is 69.0 Å². The van der Waals surface area contributed by atoms with Crippen molar-refractivity contribution in [1.29, 1.82) is 0 Å². The Morgan fingerprint density at radius 1 is 1.22 bits per heavy atom. The van der Waals surface area contributed by atoms with Crippen LogP contribution in [0.5, 0.6) is 0 Å². The maximum Gasteiger partial charge on any atom is 0.268 e. The van der Waals surface area contributed by atoms with Crippen molar-refractivity contribution in [2.24, 2.45) is 0 Å². The van der Waals surface area contributed by atoms with Crippen LogP contribution >= 0.6 is 15.9 Å². The Kier molecular flexibility index (Phi) is 3.85. The van der Waals surface area contributed by atoms with E-state index in [2.05, 4.69) is 20.9 Å². The van der Waals surface area contributed by atoms with Gasteiger partial charge in [-0.2, -0.15) is 0 Å². The van der Waals surface area contributed by atoms with Gasteiger partial charge in [0.25, 0.3) is 10.0 Å². The number of aryl methyl sites for hydroxylation is 1. The Labute approximate surface area is 142 Å². The maximum atomic E-state index is 12.9. The summed E-state index contributed by atoms with van der Waals surface area (Å²) in [6.45, 7) is 3.29. The fourth-order valence-corrected chi connectivity index (χ4v) is 4.05. The van der Waals surface area contributed by atoms with E-state index >= 15 is 0 Å². The second-order valence-corrected chi connectivity index (χ2v) is 7.86. The SMILES string of the molecule is CC(=O)c1cn(S(=O)(=O)c2ccc(C)cc2)c2cc(Br)ncc12. The van der Waals surface area contributed by atoms with Crippen molar-refractivity contribution in [3.63, 3.8) is 0 Å². The molecule has 0 saturated heterocycles. The number of carbonyl (C=O) groups is 1. The van der Waals surface area contributed by atoms with Gasteiger partial charge in [-0.05, 0) is 48.0 Å². The molecule has 7 heteroatoms. The Bertz CT molecular complexity index is 1020. The second kappa shape index (κ2) is 5.58. The quantitative estimate of drug-likeness (QED) is 0.504. The van der Waals surface area contributed by atoms with E-state index in [9.17, 15) is 13.2 Å². The third-order valence-electron chi connectivity index (χ3n) is 3.58. The number of carbonyl (C=O) groups excluding carboxylic acids is 1. The number of ketones is 1. The molecule has 5 nitrogen and oxygen atoms in total. The number of fused-ring (bicyclic) bond motifs is 1. The molecule has 3 aromatic rings. The molecule has 23 heavy (non-hydrogen) atoms. The molecule has 0 aliphatic carbocycles. The summed E-state index contributed by atoms with van der Waals surface area (Å²) in [5.41, 5.74) is 1.71. The molecule has 0 amide bonds. The monoisotopic (exact) mass is 392 g/mol. The van der Waals surface area contributed by atoms with Gasteiger partial charge in [-0.15, -0.1) is 0 Å². The molecule has 0 bridgehead atoms. The number of hydrogen-bond donors (Lipinski definition) is 0. The van der Waals surface area contributed by atoms with Crippen molar-refractivity contribution in [2.75, 3.05) is 0 Å². The first-order valence-corrected chi connectivity index (χ1v) is 9.04. The van der Waals surface area contributed by atoms with Crippen LogP contribution in [0.4, 0.5) is 0 Å². The minimum Gasteiger partial charge on any atom is -0.294 e. The van der Waals surface area contributed by atoms with Crippen LogP contribution in [-0.2, 0) is 10.0 Å². The molecule has 0 saturated carbocycles. The number of Topliss-reactive ketones (excluding diaryl/α,β-unsaturated/α-hetero) is 1. The number of benzene rings is 1. The second-order valence-electron chi connectivity index (χ2n) is 5.24. The summed E-state index contributed by atoms with van der Waals surface area (Å²) in [7, 11) is -3.80. The highest BCUT2D eigenvalue weighted by Gasteiger charge is 2.23. The predicted octanol–water partition coefficient (Wildman–Crippen LogP) is 3.55. The third-order valence-corrected chi connectivity index (χ3v) is 5.70. The van der Waals surface area contributed by atoms with Crippen LogP contribution in [-0.4, -0.2) is 23.2 Å². The van der Waals surface area contributed by atoms with Gasteiger partial charge in [0.1, 0.15) is 4.60 Å². The van der Waals surface area contributed by atoms with Gasteiger partial charge in [-0.25, -0.2) is 17.4 Å². The highest BCUT2D eigenvalue weighted by Crippen LogP contribution is 2.27. The molecular weight excluding hydrogens is 380 g/mol. The van der Waals surface area contributed by atoms with Gasteiger partial charge >= 0.3 is 0 Å². The predicted molar refractivity (Wildman–Crippen MR) is 91.2 cm³/mol. The Morgan fingerprint density at radius 2 is 1.87 bits per heavy atom. The summed E-state index contributed by atoms with van der Waals surface area (Å²) in [6.07, 6.45) is 2.85. The van der Waals surface area contributed by atoms with Crippen LogP contribution in [0.3, 0.4) is 0 Å². The standard InChI is InChI=1S/C16H13BrN2O3S/c1-10-3-5-12(6-4-10)23(21,22)19-9-14(11(2)20)13-8-18-16(17)7-15(13)19/h3-9H,1-2H3. The number of rotatable bonds is 3. The van der Waals surface area contributed by atoms with Crippen molar-refractivity contribution < 1.29 is 13.2 Å². The number of nitrogens with zero attached hydrogens (tertiary/aromatic N) is 2. The normalized spacial score (nSPS) is 11.8. The van der Waals surface area contributed by atoms with Gasteiger partial charge < -0.3 is 0 Å². The van der Waals surface area contributed by atoms with E-state index in [0.29, 0.717) is 21.1 Å². The zero-order valence-corrected chi connectivity index (χ0v) is 14.8. The van der Waals surface area contributed by atoms with Crippen molar-refractivity contribution in [2.45, 2.75) is 18.7 Å². The number of pyridine rings is 1. The largest absolute Gasteiger partial charge is 0.294 e. The van der Waals surface area contributed by atoms with E-state index in [4.69, 9.17) is 0 Å². The number of hydrogen-bond acceptors (Lipinski definition) is 4. The molecule has 0 aliphatic rings. The molecule has 0 radical (unpaired) electrons. The smallest absolute Gasteiger partial charge is 0.268 e. The molecule has 2 aromatic heterocycles. The highest BCUT2D eigenvalue weighted by atomic mass is 79.9. The van der Waals surface area contributed by atoms with Crippen LogP contribution < -0.4 is 0 Å². The Hall–Kier alpha value is -1.99. The minimum absolute atomic E-state index is 0.169. The van der Waals surface area contributed by atoms with Crippen LogP contribution in [0.1, 0.15) is 22.8 Å². The van der Waals surface area contributed by atoms with Crippen LogP contribution in [0.2, 0.25) is 0 Å². The van der Waals surface area contributed by atoms with Gasteiger partial charge in [0.05, 0.1) is 10.4 Å². The molecule has 3 rings (SSSR count). The lowest BCUT2D eigenvalue weighted by atomic mass is 10.2. The molecule has 0 fully saturated rings. The van der Waals surface area contributed by atoms with E-state index in [1.54, 1.807) is 30.3 Å². The van der Waals surface area contributed by atoms with E-state index in [1.165, 1.54) is 19.3 Å². The molecule has 0 spiro atoms. The Balaban J connectivity index is 2.33. The zero-order valence-electron chi connectivity index (χ0n) is 12.4. The first-order chi connectivity index (χ1) is 10.8. The van der Waals surface area contributed by atoms with Crippen molar-refractivity contribution in [3.8, 4) is 0 Å². The van der Waals surface area contributed by atoms with Gasteiger partial charge in [-0.3, -0.25) is 4.79 Å². The molecule has 118 valence electrons. The first-order valence-electron chi connectivity index (χ1n) is 6.80. The van der Waals surface area contributed by atoms with Crippen molar-refractivity contribution in [1.82, 2.24) is 8.96 Å². The summed E-state index contributed by atoms with van der Waals surface area (Å²) in [4.78, 5) is 16.1. The summed E-state index contributed by atoms with van der Waals surface area (Å²) >= 11 is 3.24. The minimum atomic E-state index is -3.80. The molecule has 0 atom stereocenters. The third kappa shape index (κ3) is 2.70.